The Hall–Kier alpha value is -0.320. The number of hydrogen-bond donors (Lipinski definition) is 2. The lowest BCUT2D eigenvalue weighted by Gasteiger charge is -2.37. The van der Waals surface area contributed by atoms with E-state index in [9.17, 15) is 4.79 Å². The number of carbonyl (C=O) groups is 1. The van der Waals surface area contributed by atoms with E-state index in [1.165, 1.54) is 12.8 Å². The van der Waals surface area contributed by atoms with Gasteiger partial charge in [-0.1, -0.05) is 27.2 Å². The third kappa shape index (κ3) is 6.05. The van der Waals surface area contributed by atoms with Crippen LogP contribution in [-0.2, 0) is 9.53 Å². The Bertz CT molecular complexity index is 333. The summed E-state index contributed by atoms with van der Waals surface area (Å²) in [6.07, 6.45) is 6.10. The van der Waals surface area contributed by atoms with E-state index < -0.39 is 0 Å². The largest absolute Gasteiger partial charge is 0.368 e. The summed E-state index contributed by atoms with van der Waals surface area (Å²) in [6, 6.07) is 0.279. The average Bonchev–Trinajstić information content (AvgIpc) is 2.46. The van der Waals surface area contributed by atoms with Gasteiger partial charge in [0.15, 0.2) is 0 Å². The van der Waals surface area contributed by atoms with Gasteiger partial charge in [-0.2, -0.15) is 0 Å². The zero-order chi connectivity index (χ0) is 15.2. The minimum Gasteiger partial charge on any atom is -0.368 e. The molecule has 0 aromatic carbocycles. The zero-order valence-corrected chi connectivity index (χ0v) is 15.1. The van der Waals surface area contributed by atoms with Gasteiger partial charge in [0.1, 0.15) is 6.61 Å². The molecule has 4 nitrogen and oxygen atoms in total. The fraction of sp³-hybridized carbons (Fsp3) is 0.941. The Morgan fingerprint density at radius 1 is 1.32 bits per heavy atom. The molecule has 130 valence electrons. The van der Waals surface area contributed by atoms with Crippen LogP contribution in [0.25, 0.3) is 0 Å². The van der Waals surface area contributed by atoms with E-state index in [0.29, 0.717) is 11.8 Å². The normalized spacial score (nSPS) is 32.4. The van der Waals surface area contributed by atoms with Crippen molar-refractivity contribution in [2.45, 2.75) is 65.0 Å². The van der Waals surface area contributed by atoms with Crippen LogP contribution in [-0.4, -0.2) is 37.7 Å². The van der Waals surface area contributed by atoms with Crippen molar-refractivity contribution < 1.29 is 9.53 Å². The fourth-order valence-corrected chi connectivity index (χ4v) is 3.73. The molecule has 2 aliphatic rings. The first-order valence-corrected chi connectivity index (χ1v) is 8.68. The second-order valence-corrected chi connectivity index (χ2v) is 7.29. The maximum absolute atomic E-state index is 12.0. The van der Waals surface area contributed by atoms with Crippen LogP contribution in [0.3, 0.4) is 0 Å². The van der Waals surface area contributed by atoms with Gasteiger partial charge in [0.05, 0.1) is 6.10 Å². The van der Waals surface area contributed by atoms with E-state index in [1.54, 1.807) is 0 Å². The Balaban J connectivity index is 0.00000242. The van der Waals surface area contributed by atoms with Gasteiger partial charge in [-0.25, -0.2) is 0 Å². The summed E-state index contributed by atoms with van der Waals surface area (Å²) in [7, 11) is 0. The Morgan fingerprint density at radius 3 is 2.73 bits per heavy atom. The predicted molar refractivity (Wildman–Crippen MR) is 92.4 cm³/mol. The maximum Gasteiger partial charge on any atom is 0.246 e. The molecule has 3 unspecified atom stereocenters. The molecule has 2 rings (SSSR count). The highest BCUT2D eigenvalue weighted by molar-refractivity contribution is 5.85. The standard InChI is InChI=1S/C17H32N2O2.ClH/c1-12(2)15-7-6-13(3)9-16(15)21-11-17(20)19-14-5-4-8-18-10-14;/h12-16,18H,4-11H2,1-3H3,(H,19,20);1H/t13?,14-,15?,16?;/m0./s1. The van der Waals surface area contributed by atoms with E-state index >= 15 is 0 Å². The molecule has 2 fully saturated rings. The lowest BCUT2D eigenvalue weighted by molar-refractivity contribution is -0.132. The number of halogens is 1. The van der Waals surface area contributed by atoms with Crippen LogP contribution < -0.4 is 10.6 Å². The number of piperidine rings is 1. The second kappa shape index (κ2) is 9.74. The van der Waals surface area contributed by atoms with Gasteiger partial charge in [0.25, 0.3) is 0 Å². The first kappa shape index (κ1) is 19.7. The molecule has 0 aromatic heterocycles. The topological polar surface area (TPSA) is 50.4 Å². The van der Waals surface area contributed by atoms with E-state index in [1.807, 2.05) is 0 Å². The second-order valence-electron chi connectivity index (χ2n) is 7.29. The molecule has 0 aromatic rings. The number of ether oxygens (including phenoxy) is 1. The molecule has 2 N–H and O–H groups in total. The molecule has 22 heavy (non-hydrogen) atoms. The highest BCUT2D eigenvalue weighted by Crippen LogP contribution is 2.35. The van der Waals surface area contributed by atoms with Crippen molar-refractivity contribution in [1.82, 2.24) is 10.6 Å². The van der Waals surface area contributed by atoms with Gasteiger partial charge in [-0.15, -0.1) is 12.4 Å². The number of nitrogens with one attached hydrogen (secondary N) is 2. The molecule has 1 aliphatic heterocycles. The molecule has 5 heteroatoms. The van der Waals surface area contributed by atoms with Crippen LogP contribution in [0.4, 0.5) is 0 Å². The van der Waals surface area contributed by atoms with Crippen molar-refractivity contribution in [2.24, 2.45) is 17.8 Å². The van der Waals surface area contributed by atoms with Crippen molar-refractivity contribution in [3.05, 3.63) is 0 Å². The third-order valence-electron chi connectivity index (χ3n) is 5.05. The summed E-state index contributed by atoms with van der Waals surface area (Å²) in [5.74, 6) is 2.00. The molecule has 1 heterocycles. The van der Waals surface area contributed by atoms with Gasteiger partial charge in [-0.3, -0.25) is 4.79 Å². The zero-order valence-electron chi connectivity index (χ0n) is 14.3. The van der Waals surface area contributed by atoms with Gasteiger partial charge in [-0.05, 0) is 50.0 Å². The number of rotatable bonds is 5. The molecular weight excluding hydrogens is 300 g/mol. The van der Waals surface area contributed by atoms with E-state index in [4.69, 9.17) is 4.74 Å². The summed E-state index contributed by atoms with van der Waals surface area (Å²) in [5, 5.41) is 6.41. The van der Waals surface area contributed by atoms with E-state index in [2.05, 4.69) is 31.4 Å². The Kier molecular flexibility index (Phi) is 8.73. The SMILES string of the molecule is CC1CCC(C(C)C)C(OCC(=O)N[C@H]2CCCNC2)C1.Cl. The summed E-state index contributed by atoms with van der Waals surface area (Å²) in [4.78, 5) is 12.0. The average molecular weight is 333 g/mol. The van der Waals surface area contributed by atoms with Gasteiger partial charge in [0, 0.05) is 12.6 Å². The lowest BCUT2D eigenvalue weighted by Crippen LogP contribution is -2.47. The van der Waals surface area contributed by atoms with Crippen molar-refractivity contribution in [3.8, 4) is 0 Å². The van der Waals surface area contributed by atoms with Crippen LogP contribution in [0, 0.1) is 17.8 Å². The maximum atomic E-state index is 12.0. The summed E-state index contributed by atoms with van der Waals surface area (Å²) >= 11 is 0. The number of amides is 1. The monoisotopic (exact) mass is 332 g/mol. The summed E-state index contributed by atoms with van der Waals surface area (Å²) in [6.45, 7) is 9.01. The smallest absolute Gasteiger partial charge is 0.246 e. The van der Waals surface area contributed by atoms with Gasteiger partial charge < -0.3 is 15.4 Å². The van der Waals surface area contributed by atoms with Crippen LogP contribution in [0.2, 0.25) is 0 Å². The predicted octanol–water partition coefficient (Wildman–Crippen LogP) is 2.75. The fourth-order valence-electron chi connectivity index (χ4n) is 3.73. The minimum atomic E-state index is 0. The molecule has 1 amide bonds. The third-order valence-corrected chi connectivity index (χ3v) is 5.05. The van der Waals surface area contributed by atoms with Crippen molar-refractivity contribution in [2.75, 3.05) is 19.7 Å². The van der Waals surface area contributed by atoms with Crippen molar-refractivity contribution >= 4 is 18.3 Å². The number of carbonyl (C=O) groups excluding carboxylic acids is 1. The van der Waals surface area contributed by atoms with Crippen molar-refractivity contribution in [3.63, 3.8) is 0 Å². The molecule has 1 saturated heterocycles. The van der Waals surface area contributed by atoms with Crippen LogP contribution >= 0.6 is 12.4 Å². The minimum absolute atomic E-state index is 0. The highest BCUT2D eigenvalue weighted by Gasteiger charge is 2.31. The first-order chi connectivity index (χ1) is 10.1. The molecule has 1 aliphatic carbocycles. The van der Waals surface area contributed by atoms with Gasteiger partial charge in [0.2, 0.25) is 5.91 Å². The van der Waals surface area contributed by atoms with Crippen LogP contribution in [0.1, 0.15) is 52.9 Å². The van der Waals surface area contributed by atoms with Crippen LogP contribution in [0.15, 0.2) is 0 Å². The first-order valence-electron chi connectivity index (χ1n) is 8.68. The molecule has 0 radical (unpaired) electrons. The summed E-state index contributed by atoms with van der Waals surface area (Å²) < 4.78 is 6.00. The molecular formula is C17H33ClN2O2. The van der Waals surface area contributed by atoms with E-state index in [0.717, 1.165) is 38.3 Å². The van der Waals surface area contributed by atoms with Crippen LogP contribution in [0.5, 0.6) is 0 Å². The number of hydrogen-bond acceptors (Lipinski definition) is 3. The molecule has 4 atom stereocenters. The Labute approximate surface area is 141 Å². The molecule has 0 spiro atoms. The quantitative estimate of drug-likeness (QED) is 0.814. The Morgan fingerprint density at radius 2 is 2.09 bits per heavy atom. The lowest BCUT2D eigenvalue weighted by atomic mass is 9.75. The van der Waals surface area contributed by atoms with Gasteiger partial charge >= 0.3 is 0 Å². The molecule has 1 saturated carbocycles. The van der Waals surface area contributed by atoms with Crippen molar-refractivity contribution in [1.29, 1.82) is 0 Å². The summed E-state index contributed by atoms with van der Waals surface area (Å²) in [5.41, 5.74) is 0. The van der Waals surface area contributed by atoms with E-state index in [-0.39, 0.29) is 37.1 Å². The highest BCUT2D eigenvalue weighted by atomic mass is 35.5. The molecule has 0 bridgehead atoms.